The number of fused-ring (bicyclic) bond motifs is 1. The van der Waals surface area contributed by atoms with Crippen molar-refractivity contribution in [2.45, 2.75) is 32.1 Å². The average Bonchev–Trinajstić information content (AvgIpc) is 2.93. The van der Waals surface area contributed by atoms with Crippen LogP contribution in [0.4, 0.5) is 23.0 Å². The van der Waals surface area contributed by atoms with Gasteiger partial charge in [0.1, 0.15) is 11.5 Å². The molecule has 0 atom stereocenters. The first-order valence-electron chi connectivity index (χ1n) is 12.3. The summed E-state index contributed by atoms with van der Waals surface area (Å²) in [7, 11) is -1.04. The average molecular weight is 550 g/mol. The summed E-state index contributed by atoms with van der Waals surface area (Å²) in [6.45, 7) is 5.58. The van der Waals surface area contributed by atoms with E-state index < -0.39 is 15.4 Å². The van der Waals surface area contributed by atoms with E-state index in [9.17, 15) is 13.2 Å². The monoisotopic (exact) mass is 549 g/mol. The molecule has 0 bridgehead atoms. The minimum atomic E-state index is -4.11. The molecule has 0 aliphatic carbocycles. The van der Waals surface area contributed by atoms with E-state index in [0.717, 1.165) is 0 Å². The highest BCUT2D eigenvalue weighted by atomic mass is 32.2. The topological polar surface area (TPSA) is 132 Å². The first kappa shape index (κ1) is 27.6. The first-order valence-corrected chi connectivity index (χ1v) is 13.7. The molecule has 3 N–H and O–H groups in total. The molecule has 3 aromatic carbocycles. The molecule has 0 saturated heterocycles. The third-order valence-corrected chi connectivity index (χ3v) is 7.65. The van der Waals surface area contributed by atoms with Gasteiger partial charge in [-0.15, -0.1) is 0 Å². The molecule has 0 aliphatic heterocycles. The molecule has 1 heterocycles. The molecule has 4 rings (SSSR count). The van der Waals surface area contributed by atoms with Gasteiger partial charge in [-0.05, 0) is 36.8 Å². The van der Waals surface area contributed by atoms with Crippen molar-refractivity contribution in [3.63, 3.8) is 0 Å². The predicted molar refractivity (Wildman–Crippen MR) is 152 cm³/mol. The number of benzene rings is 3. The molecule has 1 amide bonds. The van der Waals surface area contributed by atoms with Gasteiger partial charge in [-0.25, -0.2) is 18.4 Å². The summed E-state index contributed by atoms with van der Waals surface area (Å²) in [4.78, 5) is 21.7. The molecule has 1 aromatic heterocycles. The normalized spacial score (nSPS) is 11.6. The highest BCUT2D eigenvalue weighted by Crippen LogP contribution is 2.32. The summed E-state index contributed by atoms with van der Waals surface area (Å²) < 4.78 is 40.2. The molecule has 204 valence electrons. The Labute approximate surface area is 227 Å². The molecule has 11 heteroatoms. The fourth-order valence-corrected chi connectivity index (χ4v) is 4.62. The van der Waals surface area contributed by atoms with Crippen LogP contribution < -0.4 is 24.8 Å². The van der Waals surface area contributed by atoms with Crippen molar-refractivity contribution >= 4 is 50.0 Å². The van der Waals surface area contributed by atoms with Gasteiger partial charge < -0.3 is 20.1 Å². The van der Waals surface area contributed by atoms with Crippen LogP contribution in [0.5, 0.6) is 11.5 Å². The van der Waals surface area contributed by atoms with Crippen LogP contribution in [0.3, 0.4) is 0 Å². The summed E-state index contributed by atoms with van der Waals surface area (Å²) in [5.41, 5.74) is 1.40. The van der Waals surface area contributed by atoms with E-state index in [-0.39, 0.29) is 22.4 Å². The van der Waals surface area contributed by atoms with E-state index in [0.29, 0.717) is 40.3 Å². The number of ether oxygens (including phenoxy) is 2. The van der Waals surface area contributed by atoms with Gasteiger partial charge in [0.15, 0.2) is 11.6 Å². The third kappa shape index (κ3) is 6.37. The van der Waals surface area contributed by atoms with Crippen molar-refractivity contribution < 1.29 is 22.7 Å². The van der Waals surface area contributed by atoms with E-state index in [1.807, 2.05) is 26.8 Å². The van der Waals surface area contributed by atoms with Crippen LogP contribution in [-0.4, -0.2) is 38.5 Å². The van der Waals surface area contributed by atoms with Gasteiger partial charge in [-0.3, -0.25) is 9.52 Å². The Morgan fingerprint density at radius 2 is 1.46 bits per heavy atom. The second-order valence-electron chi connectivity index (χ2n) is 9.46. The van der Waals surface area contributed by atoms with E-state index in [1.54, 1.807) is 48.5 Å². The Kier molecular flexibility index (Phi) is 7.91. The largest absolute Gasteiger partial charge is 0.497 e. The molecule has 0 radical (unpaired) electrons. The number of anilines is 4. The Balaban J connectivity index is 1.70. The van der Waals surface area contributed by atoms with Gasteiger partial charge in [0.25, 0.3) is 10.0 Å². The Hall–Kier alpha value is -4.38. The van der Waals surface area contributed by atoms with Gasteiger partial charge in [0.2, 0.25) is 5.91 Å². The number of para-hydroxylation sites is 2. The number of aromatic nitrogens is 2. The molecule has 0 aliphatic rings. The highest BCUT2D eigenvalue weighted by Gasteiger charge is 2.26. The molecular formula is C28H31N5O5S. The van der Waals surface area contributed by atoms with Crippen LogP contribution in [0.1, 0.15) is 27.2 Å². The van der Waals surface area contributed by atoms with Crippen molar-refractivity contribution in [2.75, 3.05) is 29.6 Å². The van der Waals surface area contributed by atoms with Crippen molar-refractivity contribution in [2.24, 2.45) is 5.41 Å². The SMILES string of the molecule is CCC(C)(C)C(=O)Nc1cccc(S(=O)(=O)Nc2nc3ccccc3nc2Nc2cc(OC)cc(OC)c2)c1. The maximum absolute atomic E-state index is 13.5. The first-order chi connectivity index (χ1) is 18.5. The lowest BCUT2D eigenvalue weighted by Gasteiger charge is -2.21. The zero-order valence-electron chi connectivity index (χ0n) is 22.4. The number of carbonyl (C=O) groups is 1. The van der Waals surface area contributed by atoms with Crippen molar-refractivity contribution in [1.82, 2.24) is 9.97 Å². The van der Waals surface area contributed by atoms with Crippen LogP contribution in [0.25, 0.3) is 11.0 Å². The van der Waals surface area contributed by atoms with Gasteiger partial charge in [-0.1, -0.05) is 39.0 Å². The van der Waals surface area contributed by atoms with Crippen LogP contribution in [0.15, 0.2) is 71.6 Å². The van der Waals surface area contributed by atoms with Crippen LogP contribution in [-0.2, 0) is 14.8 Å². The standard InChI is InChI=1S/C28H31N5O5S/c1-6-28(2,3)27(34)30-18-10-9-11-22(16-18)39(35,36)33-26-25(31-23-12-7-8-13-24(23)32-26)29-19-14-20(37-4)17-21(15-19)38-5/h7-17H,6H2,1-5H3,(H,29,31)(H,30,34)(H,32,33). The lowest BCUT2D eigenvalue weighted by atomic mass is 9.89. The summed E-state index contributed by atoms with van der Waals surface area (Å²) >= 11 is 0. The Morgan fingerprint density at radius 3 is 2.05 bits per heavy atom. The number of carbonyl (C=O) groups excluding carboxylic acids is 1. The van der Waals surface area contributed by atoms with E-state index in [4.69, 9.17) is 9.47 Å². The number of nitrogens with zero attached hydrogens (tertiary/aromatic N) is 2. The quantitative estimate of drug-likeness (QED) is 0.234. The van der Waals surface area contributed by atoms with Gasteiger partial charge in [-0.2, -0.15) is 0 Å². The molecule has 4 aromatic rings. The second kappa shape index (κ2) is 11.2. The number of sulfonamides is 1. The second-order valence-corrected chi connectivity index (χ2v) is 11.1. The molecule has 0 saturated carbocycles. The molecule has 0 spiro atoms. The fraction of sp³-hybridized carbons (Fsp3) is 0.250. The maximum atomic E-state index is 13.5. The zero-order valence-corrected chi connectivity index (χ0v) is 23.2. The maximum Gasteiger partial charge on any atom is 0.263 e. The van der Waals surface area contributed by atoms with Crippen LogP contribution in [0.2, 0.25) is 0 Å². The lowest BCUT2D eigenvalue weighted by Crippen LogP contribution is -2.30. The van der Waals surface area contributed by atoms with Crippen molar-refractivity contribution in [1.29, 1.82) is 0 Å². The molecule has 39 heavy (non-hydrogen) atoms. The number of nitrogens with one attached hydrogen (secondary N) is 3. The number of methoxy groups -OCH3 is 2. The van der Waals surface area contributed by atoms with Crippen LogP contribution >= 0.6 is 0 Å². The number of hydrogen-bond donors (Lipinski definition) is 3. The van der Waals surface area contributed by atoms with Crippen molar-refractivity contribution in [3.8, 4) is 11.5 Å². The van der Waals surface area contributed by atoms with Gasteiger partial charge in [0, 0.05) is 35.0 Å². The summed E-state index contributed by atoms with van der Waals surface area (Å²) in [6.07, 6.45) is 0.633. The minimum Gasteiger partial charge on any atom is -0.497 e. The molecule has 10 nitrogen and oxygen atoms in total. The predicted octanol–water partition coefficient (Wildman–Crippen LogP) is 5.57. The summed E-state index contributed by atoms with van der Waals surface area (Å²) in [5.74, 6) is 1.06. The summed E-state index contributed by atoms with van der Waals surface area (Å²) in [6, 6.07) is 18.3. The van der Waals surface area contributed by atoms with Gasteiger partial charge >= 0.3 is 0 Å². The highest BCUT2D eigenvalue weighted by molar-refractivity contribution is 7.92. The van der Waals surface area contributed by atoms with Crippen molar-refractivity contribution in [3.05, 3.63) is 66.7 Å². The lowest BCUT2D eigenvalue weighted by molar-refractivity contribution is -0.124. The summed E-state index contributed by atoms with van der Waals surface area (Å²) in [5, 5.41) is 5.94. The molecule has 0 unspecified atom stereocenters. The van der Waals surface area contributed by atoms with E-state index in [2.05, 4.69) is 25.3 Å². The zero-order chi connectivity index (χ0) is 28.2. The number of rotatable bonds is 10. The van der Waals surface area contributed by atoms with Crippen LogP contribution in [0, 0.1) is 5.41 Å². The Morgan fingerprint density at radius 1 is 0.846 bits per heavy atom. The third-order valence-electron chi connectivity index (χ3n) is 6.32. The molecule has 0 fully saturated rings. The minimum absolute atomic E-state index is 0.00274. The van der Waals surface area contributed by atoms with Gasteiger partial charge in [0.05, 0.1) is 30.1 Å². The van der Waals surface area contributed by atoms with E-state index >= 15 is 0 Å². The fourth-order valence-electron chi connectivity index (χ4n) is 3.56. The molecular weight excluding hydrogens is 518 g/mol. The smallest absolute Gasteiger partial charge is 0.263 e. The Bertz CT molecular complexity index is 1600. The van der Waals surface area contributed by atoms with E-state index in [1.165, 1.54) is 26.4 Å². The number of hydrogen-bond acceptors (Lipinski definition) is 8. The number of amides is 1.